The summed E-state index contributed by atoms with van der Waals surface area (Å²) in [5.74, 6) is 1.01. The summed E-state index contributed by atoms with van der Waals surface area (Å²) < 4.78 is 5.97. The molecule has 1 heterocycles. The third-order valence-electron chi connectivity index (χ3n) is 5.32. The van der Waals surface area contributed by atoms with Crippen molar-refractivity contribution >= 4 is 5.97 Å². The summed E-state index contributed by atoms with van der Waals surface area (Å²) in [6, 6.07) is 0. The third-order valence-corrected chi connectivity index (χ3v) is 5.32. The van der Waals surface area contributed by atoms with Crippen molar-refractivity contribution in [1.29, 1.82) is 0 Å². The molecule has 3 nitrogen and oxygen atoms in total. The molecule has 0 aromatic carbocycles. The Kier molecular flexibility index (Phi) is 4.48. The lowest BCUT2D eigenvalue weighted by molar-refractivity contribution is -0.167. The number of nitrogens with one attached hydrogen (secondary N) is 1. The van der Waals surface area contributed by atoms with E-state index in [1.807, 2.05) is 0 Å². The fourth-order valence-electron chi connectivity index (χ4n) is 4.23. The van der Waals surface area contributed by atoms with Gasteiger partial charge in [0.05, 0.1) is 5.41 Å². The summed E-state index contributed by atoms with van der Waals surface area (Å²) in [5.41, 5.74) is -0.00758. The van der Waals surface area contributed by atoms with Gasteiger partial charge < -0.3 is 10.1 Å². The van der Waals surface area contributed by atoms with Crippen molar-refractivity contribution in [1.82, 2.24) is 5.32 Å². The van der Waals surface area contributed by atoms with Crippen LogP contribution >= 0.6 is 0 Å². The minimum atomic E-state index is -0.301. The lowest BCUT2D eigenvalue weighted by atomic mass is 9.71. The molecule has 0 aromatic rings. The zero-order chi connectivity index (χ0) is 15.0. The van der Waals surface area contributed by atoms with Crippen molar-refractivity contribution in [3.63, 3.8) is 0 Å². The SMILES string of the molecule is CC1CC(OC(=O)C2(C(C)C)CCNC2)CC(C)(C)C1. The van der Waals surface area contributed by atoms with Crippen LogP contribution in [-0.4, -0.2) is 25.2 Å². The predicted octanol–water partition coefficient (Wildman–Crippen LogP) is 3.38. The van der Waals surface area contributed by atoms with Crippen LogP contribution in [0.25, 0.3) is 0 Å². The molecular formula is C17H31NO2. The van der Waals surface area contributed by atoms with Crippen molar-refractivity contribution in [2.24, 2.45) is 22.7 Å². The first kappa shape index (κ1) is 15.8. The molecule has 1 saturated heterocycles. The second kappa shape index (κ2) is 5.67. The molecule has 2 fully saturated rings. The van der Waals surface area contributed by atoms with Crippen molar-refractivity contribution in [2.75, 3.05) is 13.1 Å². The van der Waals surface area contributed by atoms with E-state index >= 15 is 0 Å². The van der Waals surface area contributed by atoms with E-state index in [4.69, 9.17) is 4.74 Å². The van der Waals surface area contributed by atoms with Gasteiger partial charge in [-0.15, -0.1) is 0 Å². The summed E-state index contributed by atoms with van der Waals surface area (Å²) in [5, 5.41) is 3.34. The first-order chi connectivity index (χ1) is 9.25. The molecule has 3 unspecified atom stereocenters. The maximum absolute atomic E-state index is 12.7. The van der Waals surface area contributed by atoms with Crippen LogP contribution < -0.4 is 5.32 Å². The van der Waals surface area contributed by atoms with Crippen molar-refractivity contribution < 1.29 is 9.53 Å². The fraction of sp³-hybridized carbons (Fsp3) is 0.941. The summed E-state index contributed by atoms with van der Waals surface area (Å²) in [6.45, 7) is 12.8. The van der Waals surface area contributed by atoms with E-state index in [9.17, 15) is 4.79 Å². The molecule has 0 bridgehead atoms. The second-order valence-corrected chi connectivity index (χ2v) is 8.18. The van der Waals surface area contributed by atoms with Crippen molar-refractivity contribution in [2.45, 2.75) is 66.4 Å². The highest BCUT2D eigenvalue weighted by atomic mass is 16.5. The molecule has 0 spiro atoms. The van der Waals surface area contributed by atoms with Crippen LogP contribution in [0.5, 0.6) is 0 Å². The molecule has 0 amide bonds. The molecule has 0 aromatic heterocycles. The Balaban J connectivity index is 2.03. The molecule has 1 saturated carbocycles. The zero-order valence-corrected chi connectivity index (χ0v) is 13.8. The van der Waals surface area contributed by atoms with Gasteiger partial charge in [0, 0.05) is 6.54 Å². The number of rotatable bonds is 3. The fourth-order valence-corrected chi connectivity index (χ4v) is 4.23. The Morgan fingerprint density at radius 2 is 2.00 bits per heavy atom. The van der Waals surface area contributed by atoms with Gasteiger partial charge in [-0.2, -0.15) is 0 Å². The molecule has 2 rings (SSSR count). The predicted molar refractivity (Wildman–Crippen MR) is 81.4 cm³/mol. The van der Waals surface area contributed by atoms with Crippen LogP contribution in [0, 0.1) is 22.7 Å². The number of hydrogen-bond donors (Lipinski definition) is 1. The van der Waals surface area contributed by atoms with E-state index in [0.717, 1.165) is 32.4 Å². The minimum Gasteiger partial charge on any atom is -0.462 e. The number of esters is 1. The van der Waals surface area contributed by atoms with Gasteiger partial charge in [-0.05, 0) is 49.5 Å². The van der Waals surface area contributed by atoms with E-state index in [1.165, 1.54) is 6.42 Å². The second-order valence-electron chi connectivity index (χ2n) is 8.18. The van der Waals surface area contributed by atoms with Crippen LogP contribution in [-0.2, 0) is 9.53 Å². The normalized spacial score (nSPS) is 37.1. The molecule has 1 aliphatic heterocycles. The Hall–Kier alpha value is -0.570. The van der Waals surface area contributed by atoms with Crippen LogP contribution in [0.2, 0.25) is 0 Å². The smallest absolute Gasteiger partial charge is 0.313 e. The average Bonchev–Trinajstić information content (AvgIpc) is 2.75. The molecule has 1 N–H and O–H groups in total. The number of carbonyl (C=O) groups is 1. The van der Waals surface area contributed by atoms with E-state index in [1.54, 1.807) is 0 Å². The summed E-state index contributed by atoms with van der Waals surface area (Å²) in [4.78, 5) is 12.7. The summed E-state index contributed by atoms with van der Waals surface area (Å²) >= 11 is 0. The number of ether oxygens (including phenoxy) is 1. The van der Waals surface area contributed by atoms with Gasteiger partial charge in [0.25, 0.3) is 0 Å². The largest absolute Gasteiger partial charge is 0.462 e. The first-order valence-electron chi connectivity index (χ1n) is 8.17. The Morgan fingerprint density at radius 3 is 2.50 bits per heavy atom. The summed E-state index contributed by atoms with van der Waals surface area (Å²) in [6.07, 6.45) is 4.28. The van der Waals surface area contributed by atoms with Crippen molar-refractivity contribution in [3.05, 3.63) is 0 Å². The molecular weight excluding hydrogens is 250 g/mol. The standard InChI is InChI=1S/C17H31NO2/c1-12(2)17(6-7-18-11-17)15(19)20-14-8-13(3)9-16(4,5)10-14/h12-14,18H,6-11H2,1-5H3. The van der Waals surface area contributed by atoms with Crippen LogP contribution in [0.1, 0.15) is 60.3 Å². The minimum absolute atomic E-state index is 0.0346. The van der Waals surface area contributed by atoms with Gasteiger partial charge in [-0.3, -0.25) is 4.79 Å². The van der Waals surface area contributed by atoms with Gasteiger partial charge >= 0.3 is 5.97 Å². The number of carbonyl (C=O) groups excluding carboxylic acids is 1. The van der Waals surface area contributed by atoms with Crippen LogP contribution in [0.3, 0.4) is 0 Å². The summed E-state index contributed by atoms with van der Waals surface area (Å²) in [7, 11) is 0. The molecule has 3 heteroatoms. The Labute approximate surface area is 123 Å². The monoisotopic (exact) mass is 281 g/mol. The average molecular weight is 281 g/mol. The maximum atomic E-state index is 12.7. The highest BCUT2D eigenvalue weighted by Gasteiger charge is 2.47. The van der Waals surface area contributed by atoms with Crippen LogP contribution in [0.15, 0.2) is 0 Å². The number of hydrogen-bond acceptors (Lipinski definition) is 3. The molecule has 3 atom stereocenters. The van der Waals surface area contributed by atoms with Gasteiger partial charge in [0.2, 0.25) is 0 Å². The van der Waals surface area contributed by atoms with Gasteiger partial charge in [0.1, 0.15) is 6.10 Å². The molecule has 2 aliphatic rings. The highest BCUT2D eigenvalue weighted by Crippen LogP contribution is 2.42. The Morgan fingerprint density at radius 1 is 1.30 bits per heavy atom. The molecule has 1 aliphatic carbocycles. The molecule has 20 heavy (non-hydrogen) atoms. The van der Waals surface area contributed by atoms with Crippen molar-refractivity contribution in [3.8, 4) is 0 Å². The first-order valence-corrected chi connectivity index (χ1v) is 8.17. The maximum Gasteiger partial charge on any atom is 0.313 e. The third kappa shape index (κ3) is 3.19. The molecule has 116 valence electrons. The quantitative estimate of drug-likeness (QED) is 0.806. The van der Waals surface area contributed by atoms with Gasteiger partial charge in [-0.1, -0.05) is 34.6 Å². The highest BCUT2D eigenvalue weighted by molar-refractivity contribution is 5.78. The van der Waals surface area contributed by atoms with E-state index in [-0.39, 0.29) is 17.5 Å². The van der Waals surface area contributed by atoms with E-state index < -0.39 is 0 Å². The lowest BCUT2D eigenvalue weighted by Gasteiger charge is -2.40. The van der Waals surface area contributed by atoms with Gasteiger partial charge in [0.15, 0.2) is 0 Å². The van der Waals surface area contributed by atoms with E-state index in [0.29, 0.717) is 17.3 Å². The zero-order valence-electron chi connectivity index (χ0n) is 13.8. The topological polar surface area (TPSA) is 38.3 Å². The van der Waals surface area contributed by atoms with E-state index in [2.05, 4.69) is 39.9 Å². The molecule has 0 radical (unpaired) electrons. The Bertz CT molecular complexity index is 356. The lowest BCUT2D eigenvalue weighted by Crippen LogP contribution is -2.43. The van der Waals surface area contributed by atoms with Crippen LogP contribution in [0.4, 0.5) is 0 Å². The van der Waals surface area contributed by atoms with Gasteiger partial charge in [-0.25, -0.2) is 0 Å².